The Bertz CT molecular complexity index is 405. The van der Waals surface area contributed by atoms with Crippen molar-refractivity contribution >= 4 is 39.3 Å². The predicted molar refractivity (Wildman–Crippen MR) is 82.4 cm³/mol. The number of hydrogen-bond acceptors (Lipinski definition) is 2. The van der Waals surface area contributed by atoms with Crippen molar-refractivity contribution < 1.29 is 4.79 Å². The summed E-state index contributed by atoms with van der Waals surface area (Å²) in [6, 6.07) is 7.94. The van der Waals surface area contributed by atoms with E-state index in [0.29, 0.717) is 12.3 Å². The van der Waals surface area contributed by atoms with Crippen LogP contribution in [-0.4, -0.2) is 17.4 Å². The van der Waals surface area contributed by atoms with Crippen molar-refractivity contribution in [3.63, 3.8) is 0 Å². The number of alkyl halides is 1. The van der Waals surface area contributed by atoms with Gasteiger partial charge in [-0.1, -0.05) is 34.1 Å². The zero-order valence-electron chi connectivity index (χ0n) is 10.3. The van der Waals surface area contributed by atoms with E-state index in [2.05, 4.69) is 21.2 Å². The molecule has 0 aromatic heterocycles. The Morgan fingerprint density at radius 1 is 1.33 bits per heavy atom. The van der Waals surface area contributed by atoms with Crippen LogP contribution in [0.3, 0.4) is 0 Å². The third-order valence-electron chi connectivity index (χ3n) is 3.25. The quantitative estimate of drug-likeness (QED) is 0.845. The van der Waals surface area contributed by atoms with Crippen LogP contribution in [0.15, 0.2) is 24.3 Å². The Morgan fingerprint density at radius 3 is 2.78 bits per heavy atom. The average molecular weight is 328 g/mol. The van der Waals surface area contributed by atoms with Crippen LogP contribution >= 0.6 is 27.7 Å². The fraction of sp³-hybridized carbons (Fsp3) is 0.500. The fourth-order valence-electron chi connectivity index (χ4n) is 2.17. The highest BCUT2D eigenvalue weighted by atomic mass is 79.9. The van der Waals surface area contributed by atoms with Gasteiger partial charge in [0.15, 0.2) is 0 Å². The summed E-state index contributed by atoms with van der Waals surface area (Å²) in [4.78, 5) is 12.0. The van der Waals surface area contributed by atoms with Crippen molar-refractivity contribution in [2.45, 2.75) is 24.6 Å². The van der Waals surface area contributed by atoms with E-state index >= 15 is 0 Å². The normalized spacial score (nSPS) is 16.5. The molecule has 98 valence electrons. The molecular weight excluding hydrogens is 310 g/mol. The molecule has 18 heavy (non-hydrogen) atoms. The number of halogens is 1. The molecule has 0 aliphatic carbocycles. The lowest BCUT2D eigenvalue weighted by Crippen LogP contribution is -2.20. The van der Waals surface area contributed by atoms with Crippen LogP contribution < -0.4 is 5.32 Å². The van der Waals surface area contributed by atoms with Gasteiger partial charge in [-0.3, -0.25) is 4.79 Å². The Balaban J connectivity index is 1.90. The first-order chi connectivity index (χ1) is 8.79. The molecule has 1 aromatic carbocycles. The van der Waals surface area contributed by atoms with Crippen LogP contribution in [0.4, 0.5) is 5.69 Å². The van der Waals surface area contributed by atoms with Crippen molar-refractivity contribution in [3.8, 4) is 0 Å². The van der Waals surface area contributed by atoms with Crippen molar-refractivity contribution in [2.24, 2.45) is 5.92 Å². The number of anilines is 1. The molecule has 0 spiro atoms. The molecule has 1 amide bonds. The van der Waals surface area contributed by atoms with Gasteiger partial charge in [-0.2, -0.15) is 11.8 Å². The van der Waals surface area contributed by atoms with E-state index in [-0.39, 0.29) is 5.91 Å². The molecule has 0 radical (unpaired) electrons. The molecule has 0 unspecified atom stereocenters. The molecular formula is C14H18BrNOS. The largest absolute Gasteiger partial charge is 0.326 e. The van der Waals surface area contributed by atoms with E-state index < -0.39 is 0 Å². The highest BCUT2D eigenvalue weighted by Crippen LogP contribution is 2.26. The number of carbonyl (C=O) groups excluding carboxylic acids is 1. The Morgan fingerprint density at radius 2 is 2.06 bits per heavy atom. The van der Waals surface area contributed by atoms with Crippen molar-refractivity contribution in [1.29, 1.82) is 0 Å². The van der Waals surface area contributed by atoms with Crippen molar-refractivity contribution in [2.75, 3.05) is 16.8 Å². The zero-order chi connectivity index (χ0) is 12.8. The maximum Gasteiger partial charge on any atom is 0.224 e. The molecule has 1 N–H and O–H groups in total. The minimum absolute atomic E-state index is 0.153. The van der Waals surface area contributed by atoms with Gasteiger partial charge in [-0.25, -0.2) is 0 Å². The molecule has 1 saturated heterocycles. The maximum atomic E-state index is 12.0. The lowest BCUT2D eigenvalue weighted by molar-refractivity contribution is -0.117. The highest BCUT2D eigenvalue weighted by molar-refractivity contribution is 9.08. The number of thioether (sulfide) groups is 1. The molecule has 1 fully saturated rings. The topological polar surface area (TPSA) is 29.1 Å². The van der Waals surface area contributed by atoms with Gasteiger partial charge in [0.2, 0.25) is 5.91 Å². The summed E-state index contributed by atoms with van der Waals surface area (Å²) < 4.78 is 0. The van der Waals surface area contributed by atoms with Crippen LogP contribution in [0, 0.1) is 5.92 Å². The fourth-order valence-corrected chi connectivity index (χ4v) is 3.87. The second-order valence-electron chi connectivity index (χ2n) is 4.60. The smallest absolute Gasteiger partial charge is 0.224 e. The van der Waals surface area contributed by atoms with Gasteiger partial charge in [-0.05, 0) is 41.9 Å². The lowest BCUT2D eigenvalue weighted by atomic mass is 9.98. The zero-order valence-corrected chi connectivity index (χ0v) is 12.7. The molecule has 0 atom stereocenters. The number of hydrogen-bond donors (Lipinski definition) is 1. The molecule has 1 aromatic rings. The first-order valence-corrected chi connectivity index (χ1v) is 8.58. The minimum Gasteiger partial charge on any atom is -0.326 e. The highest BCUT2D eigenvalue weighted by Gasteiger charge is 2.17. The van der Waals surface area contributed by atoms with Crippen LogP contribution in [-0.2, 0) is 10.1 Å². The first kappa shape index (κ1) is 13.9. The Hall–Kier alpha value is -0.480. The van der Waals surface area contributed by atoms with Gasteiger partial charge in [0, 0.05) is 17.4 Å². The lowest BCUT2D eigenvalue weighted by Gasteiger charge is -2.20. The van der Waals surface area contributed by atoms with Gasteiger partial charge in [0.05, 0.1) is 0 Å². The summed E-state index contributed by atoms with van der Waals surface area (Å²) in [5.74, 6) is 3.13. The Kier molecular flexibility index (Phi) is 5.57. The standard InChI is InChI=1S/C14H18BrNOS/c15-10-12-3-1-2-4-13(12)16-14(17)9-11-5-7-18-8-6-11/h1-4,11H,5-10H2,(H,16,17). The minimum atomic E-state index is 0.153. The van der Waals surface area contributed by atoms with Gasteiger partial charge in [0.1, 0.15) is 0 Å². The number of benzene rings is 1. The van der Waals surface area contributed by atoms with E-state index in [1.165, 1.54) is 24.3 Å². The molecule has 1 aliphatic heterocycles. The third kappa shape index (κ3) is 4.02. The molecule has 0 bridgehead atoms. The van der Waals surface area contributed by atoms with Crippen LogP contribution in [0.1, 0.15) is 24.8 Å². The van der Waals surface area contributed by atoms with E-state index in [9.17, 15) is 4.79 Å². The second kappa shape index (κ2) is 7.19. The number of amides is 1. The number of nitrogens with one attached hydrogen (secondary N) is 1. The molecule has 0 saturated carbocycles. The van der Waals surface area contributed by atoms with Gasteiger partial charge in [-0.15, -0.1) is 0 Å². The summed E-state index contributed by atoms with van der Waals surface area (Å²) in [6.07, 6.45) is 3.02. The van der Waals surface area contributed by atoms with Crippen molar-refractivity contribution in [3.05, 3.63) is 29.8 Å². The molecule has 2 nitrogen and oxygen atoms in total. The van der Waals surface area contributed by atoms with E-state index in [4.69, 9.17) is 0 Å². The van der Waals surface area contributed by atoms with Gasteiger partial charge >= 0.3 is 0 Å². The van der Waals surface area contributed by atoms with Crippen LogP contribution in [0.5, 0.6) is 0 Å². The predicted octanol–water partition coefficient (Wildman–Crippen LogP) is 4.05. The second-order valence-corrected chi connectivity index (χ2v) is 6.38. The third-order valence-corrected chi connectivity index (χ3v) is 4.90. The first-order valence-electron chi connectivity index (χ1n) is 6.31. The summed E-state index contributed by atoms with van der Waals surface area (Å²) in [7, 11) is 0. The van der Waals surface area contributed by atoms with E-state index in [1.807, 2.05) is 36.0 Å². The molecule has 1 aliphatic rings. The average Bonchev–Trinajstić information content (AvgIpc) is 2.40. The molecule has 1 heterocycles. The number of para-hydroxylation sites is 1. The maximum absolute atomic E-state index is 12.0. The van der Waals surface area contributed by atoms with E-state index in [0.717, 1.165) is 16.6 Å². The molecule has 4 heteroatoms. The van der Waals surface area contributed by atoms with E-state index in [1.54, 1.807) is 0 Å². The Labute approximate surface area is 121 Å². The summed E-state index contributed by atoms with van der Waals surface area (Å²) in [6.45, 7) is 0. The van der Waals surface area contributed by atoms with Crippen LogP contribution in [0.2, 0.25) is 0 Å². The summed E-state index contributed by atoms with van der Waals surface area (Å²) >= 11 is 5.44. The van der Waals surface area contributed by atoms with Crippen LogP contribution in [0.25, 0.3) is 0 Å². The number of carbonyl (C=O) groups is 1. The van der Waals surface area contributed by atoms with Gasteiger partial charge in [0.25, 0.3) is 0 Å². The van der Waals surface area contributed by atoms with Gasteiger partial charge < -0.3 is 5.32 Å². The molecule has 2 rings (SSSR count). The summed E-state index contributed by atoms with van der Waals surface area (Å²) in [5, 5.41) is 3.80. The SMILES string of the molecule is O=C(CC1CCSCC1)Nc1ccccc1CBr. The number of rotatable bonds is 4. The summed E-state index contributed by atoms with van der Waals surface area (Å²) in [5.41, 5.74) is 2.06. The van der Waals surface area contributed by atoms with Crippen molar-refractivity contribution in [1.82, 2.24) is 0 Å². The monoisotopic (exact) mass is 327 g/mol.